The Morgan fingerprint density at radius 3 is 2.74 bits per heavy atom. The maximum absolute atomic E-state index is 12.5. The number of rotatable bonds is 5. The first kappa shape index (κ1) is 15.6. The van der Waals surface area contributed by atoms with Crippen LogP contribution in [0.5, 0.6) is 0 Å². The van der Waals surface area contributed by atoms with Crippen LogP contribution in [-0.4, -0.2) is 29.5 Å². The molecule has 2 aromatic rings. The minimum Gasteiger partial charge on any atom is -0.469 e. The summed E-state index contributed by atoms with van der Waals surface area (Å²) in [6.07, 6.45) is 6.18. The average Bonchev–Trinajstić information content (AvgIpc) is 3.15. The number of H-pyrrole nitrogens is 1. The molecule has 1 amide bonds. The van der Waals surface area contributed by atoms with E-state index >= 15 is 0 Å². The highest BCUT2D eigenvalue weighted by Crippen LogP contribution is 2.33. The zero-order valence-corrected chi connectivity index (χ0v) is 13.4. The van der Waals surface area contributed by atoms with Gasteiger partial charge in [0.2, 0.25) is 5.91 Å². The molecule has 1 heterocycles. The van der Waals surface area contributed by atoms with Crippen molar-refractivity contribution in [1.82, 2.24) is 10.3 Å². The van der Waals surface area contributed by atoms with Gasteiger partial charge in [0.15, 0.2) is 0 Å². The van der Waals surface area contributed by atoms with E-state index in [1.54, 1.807) is 0 Å². The summed E-state index contributed by atoms with van der Waals surface area (Å²) in [6, 6.07) is 7.93. The SMILES string of the molecule is COC(=O)CC1(NC(=O)Cc2c[nH]c3ccccc23)CCCC1. The van der Waals surface area contributed by atoms with Crippen molar-refractivity contribution in [3.63, 3.8) is 0 Å². The highest BCUT2D eigenvalue weighted by Gasteiger charge is 2.37. The van der Waals surface area contributed by atoms with Crippen LogP contribution >= 0.6 is 0 Å². The maximum Gasteiger partial charge on any atom is 0.307 e. The molecule has 0 radical (unpaired) electrons. The van der Waals surface area contributed by atoms with Gasteiger partial charge in [-0.2, -0.15) is 0 Å². The second kappa shape index (κ2) is 6.44. The molecule has 1 aromatic heterocycles. The number of fused-ring (bicyclic) bond motifs is 1. The van der Waals surface area contributed by atoms with Gasteiger partial charge in [-0.3, -0.25) is 9.59 Å². The molecule has 0 atom stereocenters. The quantitative estimate of drug-likeness (QED) is 0.834. The van der Waals surface area contributed by atoms with Gasteiger partial charge >= 0.3 is 5.97 Å². The smallest absolute Gasteiger partial charge is 0.307 e. The van der Waals surface area contributed by atoms with Crippen LogP contribution in [0.25, 0.3) is 10.9 Å². The molecule has 1 aromatic carbocycles. The number of aromatic amines is 1. The molecular formula is C18H22N2O3. The van der Waals surface area contributed by atoms with E-state index in [1.807, 2.05) is 30.5 Å². The Bertz CT molecular complexity index is 714. The van der Waals surface area contributed by atoms with Crippen LogP contribution in [0.15, 0.2) is 30.5 Å². The second-order valence-corrected chi connectivity index (χ2v) is 6.32. The number of para-hydroxylation sites is 1. The molecule has 0 spiro atoms. The molecule has 5 nitrogen and oxygen atoms in total. The van der Waals surface area contributed by atoms with Gasteiger partial charge in [0.05, 0.1) is 25.5 Å². The van der Waals surface area contributed by atoms with Crippen molar-refractivity contribution in [2.75, 3.05) is 7.11 Å². The first-order chi connectivity index (χ1) is 11.1. The van der Waals surface area contributed by atoms with Gasteiger partial charge in [-0.1, -0.05) is 31.0 Å². The van der Waals surface area contributed by atoms with E-state index in [9.17, 15) is 9.59 Å². The van der Waals surface area contributed by atoms with E-state index in [-0.39, 0.29) is 18.3 Å². The van der Waals surface area contributed by atoms with E-state index in [0.29, 0.717) is 6.42 Å². The van der Waals surface area contributed by atoms with Crippen LogP contribution in [-0.2, 0) is 20.7 Å². The van der Waals surface area contributed by atoms with Gasteiger partial charge in [-0.25, -0.2) is 0 Å². The summed E-state index contributed by atoms with van der Waals surface area (Å²) in [4.78, 5) is 27.4. The van der Waals surface area contributed by atoms with Crippen molar-refractivity contribution in [2.45, 2.75) is 44.1 Å². The first-order valence-electron chi connectivity index (χ1n) is 8.05. The molecule has 1 saturated carbocycles. The number of carbonyl (C=O) groups excluding carboxylic acids is 2. The molecule has 1 aliphatic carbocycles. The van der Waals surface area contributed by atoms with Crippen LogP contribution in [0.1, 0.15) is 37.7 Å². The molecule has 3 rings (SSSR count). The van der Waals surface area contributed by atoms with Gasteiger partial charge in [0, 0.05) is 17.1 Å². The molecule has 0 bridgehead atoms. The highest BCUT2D eigenvalue weighted by molar-refractivity contribution is 5.89. The van der Waals surface area contributed by atoms with E-state index in [2.05, 4.69) is 10.3 Å². The number of aromatic nitrogens is 1. The zero-order chi connectivity index (χ0) is 16.3. The Labute approximate surface area is 135 Å². The minimum atomic E-state index is -0.434. The lowest BCUT2D eigenvalue weighted by Crippen LogP contribution is -2.48. The molecule has 122 valence electrons. The number of carbonyl (C=O) groups is 2. The normalized spacial score (nSPS) is 16.4. The fourth-order valence-corrected chi connectivity index (χ4v) is 3.54. The van der Waals surface area contributed by atoms with E-state index in [4.69, 9.17) is 4.74 Å². The summed E-state index contributed by atoms with van der Waals surface area (Å²) in [5.74, 6) is -0.306. The molecule has 23 heavy (non-hydrogen) atoms. The predicted molar refractivity (Wildman–Crippen MR) is 88.0 cm³/mol. The zero-order valence-electron chi connectivity index (χ0n) is 13.4. The van der Waals surface area contributed by atoms with Crippen molar-refractivity contribution in [3.05, 3.63) is 36.0 Å². The highest BCUT2D eigenvalue weighted by atomic mass is 16.5. The van der Waals surface area contributed by atoms with Crippen molar-refractivity contribution in [2.24, 2.45) is 0 Å². The lowest BCUT2D eigenvalue weighted by Gasteiger charge is -2.29. The third-order valence-corrected chi connectivity index (χ3v) is 4.70. The Hall–Kier alpha value is -2.30. The summed E-state index contributed by atoms with van der Waals surface area (Å²) in [6.45, 7) is 0. The number of amides is 1. The van der Waals surface area contributed by atoms with Gasteiger partial charge in [0.1, 0.15) is 0 Å². The predicted octanol–water partition coefficient (Wildman–Crippen LogP) is 2.70. The van der Waals surface area contributed by atoms with E-state index < -0.39 is 5.54 Å². The molecule has 2 N–H and O–H groups in total. The first-order valence-corrected chi connectivity index (χ1v) is 8.05. The van der Waals surface area contributed by atoms with Crippen molar-refractivity contribution in [3.8, 4) is 0 Å². The lowest BCUT2D eigenvalue weighted by atomic mass is 9.92. The summed E-state index contributed by atoms with van der Waals surface area (Å²) in [5.41, 5.74) is 1.57. The molecule has 1 fully saturated rings. The Morgan fingerprint density at radius 2 is 2.00 bits per heavy atom. The molecule has 5 heteroatoms. The molecule has 0 unspecified atom stereocenters. The van der Waals surface area contributed by atoms with Crippen molar-refractivity contribution in [1.29, 1.82) is 0 Å². The Kier molecular flexibility index (Phi) is 4.37. The number of hydrogen-bond donors (Lipinski definition) is 2. The van der Waals surface area contributed by atoms with E-state index in [0.717, 1.165) is 42.1 Å². The standard InChI is InChI=1S/C18H22N2O3/c1-23-17(22)11-18(8-4-5-9-18)20-16(21)10-13-12-19-15-7-3-2-6-14(13)15/h2-3,6-7,12,19H,4-5,8-11H2,1H3,(H,20,21). The Morgan fingerprint density at radius 1 is 1.26 bits per heavy atom. The third-order valence-electron chi connectivity index (χ3n) is 4.70. The molecule has 0 aliphatic heterocycles. The Balaban J connectivity index is 1.71. The van der Waals surface area contributed by atoms with Gasteiger partial charge < -0.3 is 15.0 Å². The minimum absolute atomic E-state index is 0.0412. The number of hydrogen-bond acceptors (Lipinski definition) is 3. The summed E-state index contributed by atoms with van der Waals surface area (Å²) in [5, 5.41) is 4.17. The topological polar surface area (TPSA) is 71.2 Å². The number of ether oxygens (including phenoxy) is 1. The van der Waals surface area contributed by atoms with Gasteiger partial charge in [-0.15, -0.1) is 0 Å². The fraction of sp³-hybridized carbons (Fsp3) is 0.444. The second-order valence-electron chi connectivity index (χ2n) is 6.32. The molecular weight excluding hydrogens is 292 g/mol. The molecule has 0 saturated heterocycles. The lowest BCUT2D eigenvalue weighted by molar-refractivity contribution is -0.142. The third kappa shape index (κ3) is 3.38. The van der Waals surface area contributed by atoms with Gasteiger partial charge in [0.25, 0.3) is 0 Å². The van der Waals surface area contributed by atoms with Crippen LogP contribution in [0.3, 0.4) is 0 Å². The van der Waals surface area contributed by atoms with Crippen molar-refractivity contribution < 1.29 is 14.3 Å². The average molecular weight is 314 g/mol. The van der Waals surface area contributed by atoms with Gasteiger partial charge in [-0.05, 0) is 24.5 Å². The van der Waals surface area contributed by atoms with Crippen LogP contribution < -0.4 is 5.32 Å². The monoisotopic (exact) mass is 314 g/mol. The maximum atomic E-state index is 12.5. The van der Waals surface area contributed by atoms with E-state index in [1.165, 1.54) is 7.11 Å². The largest absolute Gasteiger partial charge is 0.469 e. The number of benzene rings is 1. The van der Waals surface area contributed by atoms with Crippen LogP contribution in [0.2, 0.25) is 0 Å². The number of esters is 1. The summed E-state index contributed by atoms with van der Waals surface area (Å²) < 4.78 is 4.79. The summed E-state index contributed by atoms with van der Waals surface area (Å²) in [7, 11) is 1.39. The van der Waals surface area contributed by atoms with Crippen LogP contribution in [0, 0.1) is 0 Å². The van der Waals surface area contributed by atoms with Crippen LogP contribution in [0.4, 0.5) is 0 Å². The number of nitrogens with one attached hydrogen (secondary N) is 2. The number of methoxy groups -OCH3 is 1. The fourth-order valence-electron chi connectivity index (χ4n) is 3.54. The summed E-state index contributed by atoms with van der Waals surface area (Å²) >= 11 is 0. The van der Waals surface area contributed by atoms with Crippen molar-refractivity contribution >= 4 is 22.8 Å². The molecule has 1 aliphatic rings.